The number of rotatable bonds is 6. The van der Waals surface area contributed by atoms with Crippen molar-refractivity contribution in [1.82, 2.24) is 4.98 Å². The molecule has 0 fully saturated rings. The summed E-state index contributed by atoms with van der Waals surface area (Å²) in [5.41, 5.74) is 2.71. The number of pyridine rings is 1. The van der Waals surface area contributed by atoms with Gasteiger partial charge in [-0.2, -0.15) is 0 Å². The largest absolute Gasteiger partial charge is 0.264 e. The summed E-state index contributed by atoms with van der Waals surface area (Å²) in [4.78, 5) is 4.13. The highest BCUT2D eigenvalue weighted by Gasteiger charge is 1.96. The number of halogens is 1. The topological polar surface area (TPSA) is 12.9 Å². The molecular formula is C16H18ClN. The molecule has 18 heavy (non-hydrogen) atoms. The van der Waals surface area contributed by atoms with Crippen molar-refractivity contribution in [3.63, 3.8) is 0 Å². The third kappa shape index (κ3) is 4.50. The molecule has 2 heteroatoms. The summed E-state index contributed by atoms with van der Waals surface area (Å²) in [6, 6.07) is 12.3. The number of unbranched alkanes of at least 4 members (excludes halogenated alkanes) is 2. The molecule has 0 amide bonds. The third-order valence-electron chi connectivity index (χ3n) is 3.07. The van der Waals surface area contributed by atoms with Crippen LogP contribution in [0, 0.1) is 0 Å². The Balaban J connectivity index is 1.63. The second kappa shape index (κ2) is 7.17. The van der Waals surface area contributed by atoms with E-state index >= 15 is 0 Å². The first-order valence-electron chi connectivity index (χ1n) is 6.48. The number of hydrogen-bond acceptors (Lipinski definition) is 1. The third-order valence-corrected chi connectivity index (χ3v) is 3.32. The molecule has 0 radical (unpaired) electrons. The van der Waals surface area contributed by atoms with E-state index in [1.165, 1.54) is 30.4 Å². The summed E-state index contributed by atoms with van der Waals surface area (Å²) < 4.78 is 0. The minimum atomic E-state index is 0.815. The number of aryl methyl sites for hydroxylation is 2. The molecule has 94 valence electrons. The van der Waals surface area contributed by atoms with Gasteiger partial charge in [-0.05, 0) is 55.0 Å². The second-order valence-electron chi connectivity index (χ2n) is 4.55. The van der Waals surface area contributed by atoms with Crippen LogP contribution in [-0.2, 0) is 12.8 Å². The monoisotopic (exact) mass is 259 g/mol. The summed E-state index contributed by atoms with van der Waals surface area (Å²) in [5, 5.41) is 0.815. The molecule has 2 aromatic rings. The molecule has 0 spiro atoms. The lowest BCUT2D eigenvalue weighted by Crippen LogP contribution is -1.89. The van der Waals surface area contributed by atoms with Crippen molar-refractivity contribution >= 4 is 11.6 Å². The molecule has 0 bridgehead atoms. The van der Waals surface area contributed by atoms with E-state index in [4.69, 9.17) is 11.6 Å². The van der Waals surface area contributed by atoms with Gasteiger partial charge in [-0.15, -0.1) is 0 Å². The second-order valence-corrected chi connectivity index (χ2v) is 4.98. The van der Waals surface area contributed by atoms with Crippen LogP contribution in [0.3, 0.4) is 0 Å². The van der Waals surface area contributed by atoms with Gasteiger partial charge < -0.3 is 0 Å². The smallest absolute Gasteiger partial charge is 0.0406 e. The molecule has 1 heterocycles. The van der Waals surface area contributed by atoms with Crippen molar-refractivity contribution in [2.75, 3.05) is 0 Å². The Kier molecular flexibility index (Phi) is 5.22. The summed E-state index contributed by atoms with van der Waals surface area (Å²) in [6.07, 6.45) is 9.79. The highest BCUT2D eigenvalue weighted by atomic mass is 35.5. The molecule has 0 aliphatic carbocycles. The number of hydrogen-bond donors (Lipinski definition) is 0. The molecule has 1 nitrogen and oxygen atoms in total. The fourth-order valence-electron chi connectivity index (χ4n) is 2.03. The fourth-order valence-corrected chi connectivity index (χ4v) is 2.16. The van der Waals surface area contributed by atoms with Crippen LogP contribution >= 0.6 is 11.6 Å². The molecule has 0 saturated carbocycles. The summed E-state index contributed by atoms with van der Waals surface area (Å²) in [5.74, 6) is 0. The molecule has 0 aliphatic heterocycles. The van der Waals surface area contributed by atoms with E-state index in [1.54, 1.807) is 0 Å². The van der Waals surface area contributed by atoms with E-state index < -0.39 is 0 Å². The van der Waals surface area contributed by atoms with Gasteiger partial charge in [0.1, 0.15) is 0 Å². The number of benzene rings is 1. The zero-order valence-electron chi connectivity index (χ0n) is 10.5. The highest BCUT2D eigenvalue weighted by Crippen LogP contribution is 2.13. The zero-order chi connectivity index (χ0) is 12.6. The lowest BCUT2D eigenvalue weighted by atomic mass is 10.0. The maximum absolute atomic E-state index is 5.86. The van der Waals surface area contributed by atoms with Gasteiger partial charge in [0.2, 0.25) is 0 Å². The molecule has 1 aromatic heterocycles. The van der Waals surface area contributed by atoms with E-state index in [1.807, 2.05) is 30.6 Å². The van der Waals surface area contributed by atoms with E-state index in [2.05, 4.69) is 23.2 Å². The molecule has 0 N–H and O–H groups in total. The number of nitrogens with zero attached hydrogens (tertiary/aromatic N) is 1. The van der Waals surface area contributed by atoms with Crippen molar-refractivity contribution in [1.29, 1.82) is 0 Å². The van der Waals surface area contributed by atoms with Gasteiger partial charge in [-0.1, -0.05) is 36.2 Å². The average Bonchev–Trinajstić information content (AvgIpc) is 2.42. The van der Waals surface area contributed by atoms with Crippen molar-refractivity contribution in [2.24, 2.45) is 0 Å². The molecule has 0 aliphatic rings. The lowest BCUT2D eigenvalue weighted by Gasteiger charge is -2.02. The predicted molar refractivity (Wildman–Crippen MR) is 76.9 cm³/mol. The first-order valence-corrected chi connectivity index (χ1v) is 6.86. The Morgan fingerprint density at radius 1 is 0.833 bits per heavy atom. The quantitative estimate of drug-likeness (QED) is 0.686. The first kappa shape index (κ1) is 13.1. The van der Waals surface area contributed by atoms with Crippen LogP contribution in [0.15, 0.2) is 48.8 Å². The molecule has 1 aromatic carbocycles. The summed E-state index contributed by atoms with van der Waals surface area (Å²) >= 11 is 5.86. The van der Waals surface area contributed by atoms with Crippen molar-refractivity contribution in [3.8, 4) is 0 Å². The lowest BCUT2D eigenvalue weighted by molar-refractivity contribution is 0.677. The molecule has 0 saturated heterocycles. The molecule has 2 rings (SSSR count). The molecule has 0 atom stereocenters. The van der Waals surface area contributed by atoms with E-state index in [0.29, 0.717) is 0 Å². The van der Waals surface area contributed by atoms with Crippen molar-refractivity contribution in [3.05, 3.63) is 64.9 Å². The van der Waals surface area contributed by atoms with Gasteiger partial charge in [0.05, 0.1) is 0 Å². The maximum atomic E-state index is 5.86. The first-order chi connectivity index (χ1) is 8.84. The van der Waals surface area contributed by atoms with Crippen LogP contribution in [-0.4, -0.2) is 4.98 Å². The van der Waals surface area contributed by atoms with Gasteiger partial charge in [-0.3, -0.25) is 4.98 Å². The van der Waals surface area contributed by atoms with E-state index in [9.17, 15) is 0 Å². The summed E-state index contributed by atoms with van der Waals surface area (Å²) in [7, 11) is 0. The van der Waals surface area contributed by atoms with Crippen LogP contribution in [0.5, 0.6) is 0 Å². The Hall–Kier alpha value is -1.34. The maximum Gasteiger partial charge on any atom is 0.0406 e. The SMILES string of the molecule is Clc1ccc(CCCCCc2cccnc2)cc1. The van der Waals surface area contributed by atoms with Gasteiger partial charge in [0.15, 0.2) is 0 Å². The normalized spacial score (nSPS) is 10.5. The van der Waals surface area contributed by atoms with Gasteiger partial charge >= 0.3 is 0 Å². The van der Waals surface area contributed by atoms with Crippen molar-refractivity contribution < 1.29 is 0 Å². The minimum absolute atomic E-state index is 0.815. The van der Waals surface area contributed by atoms with Crippen LogP contribution < -0.4 is 0 Å². The van der Waals surface area contributed by atoms with Crippen LogP contribution in [0.25, 0.3) is 0 Å². The van der Waals surface area contributed by atoms with Gasteiger partial charge in [0, 0.05) is 17.4 Å². The zero-order valence-corrected chi connectivity index (χ0v) is 11.2. The number of aromatic nitrogens is 1. The Morgan fingerprint density at radius 2 is 1.56 bits per heavy atom. The fraction of sp³-hybridized carbons (Fsp3) is 0.312. The van der Waals surface area contributed by atoms with Gasteiger partial charge in [-0.25, -0.2) is 0 Å². The summed E-state index contributed by atoms with van der Waals surface area (Å²) in [6.45, 7) is 0. The van der Waals surface area contributed by atoms with Crippen LogP contribution in [0.4, 0.5) is 0 Å². The Morgan fingerprint density at radius 3 is 2.22 bits per heavy atom. The van der Waals surface area contributed by atoms with E-state index in [-0.39, 0.29) is 0 Å². The van der Waals surface area contributed by atoms with Crippen LogP contribution in [0.2, 0.25) is 5.02 Å². The van der Waals surface area contributed by atoms with E-state index in [0.717, 1.165) is 17.9 Å². The highest BCUT2D eigenvalue weighted by molar-refractivity contribution is 6.30. The Labute approximate surface area is 114 Å². The van der Waals surface area contributed by atoms with Crippen molar-refractivity contribution in [2.45, 2.75) is 32.1 Å². The average molecular weight is 260 g/mol. The van der Waals surface area contributed by atoms with Crippen LogP contribution in [0.1, 0.15) is 30.4 Å². The molecule has 0 unspecified atom stereocenters. The minimum Gasteiger partial charge on any atom is -0.264 e. The molecular weight excluding hydrogens is 242 g/mol. The van der Waals surface area contributed by atoms with Gasteiger partial charge in [0.25, 0.3) is 0 Å². The standard InChI is InChI=1S/C16H18ClN/c17-16-10-8-14(9-11-16)5-2-1-3-6-15-7-4-12-18-13-15/h4,7-13H,1-3,5-6H2. The Bertz CT molecular complexity index is 450. The predicted octanol–water partition coefficient (Wildman–Crippen LogP) is 4.69.